The zero-order valence-corrected chi connectivity index (χ0v) is 11.0. The van der Waals surface area contributed by atoms with Gasteiger partial charge in [-0.2, -0.15) is 0 Å². The number of esters is 1. The Morgan fingerprint density at radius 3 is 2.59 bits per heavy atom. The Morgan fingerprint density at radius 2 is 2.06 bits per heavy atom. The molecule has 0 aliphatic rings. The molecule has 1 aromatic carbocycles. The number of benzene rings is 1. The monoisotopic (exact) mass is 274 g/mol. The van der Waals surface area contributed by atoms with Crippen LogP contribution < -0.4 is 0 Å². The summed E-state index contributed by atoms with van der Waals surface area (Å²) < 4.78 is 4.86. The molecule has 0 radical (unpaired) electrons. The van der Waals surface area contributed by atoms with Gasteiger partial charge in [0.05, 0.1) is 22.6 Å². The zero-order valence-electron chi connectivity index (χ0n) is 9.50. The summed E-state index contributed by atoms with van der Waals surface area (Å²) in [5, 5.41) is -0.534. The van der Waals surface area contributed by atoms with Crippen LogP contribution in [0.3, 0.4) is 0 Å². The van der Waals surface area contributed by atoms with Crippen LogP contribution in [0.5, 0.6) is 0 Å². The lowest BCUT2D eigenvalue weighted by atomic mass is 10.0. The molecule has 3 nitrogen and oxygen atoms in total. The summed E-state index contributed by atoms with van der Waals surface area (Å²) in [6, 6.07) is 4.64. The van der Waals surface area contributed by atoms with Crippen LogP contribution in [0.2, 0.25) is 5.02 Å². The van der Waals surface area contributed by atoms with Crippen molar-refractivity contribution in [1.82, 2.24) is 0 Å². The second-order valence-corrected chi connectivity index (χ2v) is 4.42. The minimum atomic E-state index is -0.721. The van der Waals surface area contributed by atoms with Gasteiger partial charge in [0.2, 0.25) is 0 Å². The number of carbonyl (C=O) groups is 2. The molecule has 17 heavy (non-hydrogen) atoms. The fourth-order valence-corrected chi connectivity index (χ4v) is 1.72. The highest BCUT2D eigenvalue weighted by molar-refractivity contribution is 6.37. The summed E-state index contributed by atoms with van der Waals surface area (Å²) in [6.07, 6.45) is 0. The van der Waals surface area contributed by atoms with Gasteiger partial charge < -0.3 is 4.74 Å². The fraction of sp³-hybridized carbons (Fsp3) is 0.333. The molecule has 5 heteroatoms. The van der Waals surface area contributed by atoms with Crippen molar-refractivity contribution >= 4 is 35.0 Å². The van der Waals surface area contributed by atoms with Crippen molar-refractivity contribution in [2.45, 2.75) is 19.2 Å². The third-order valence-electron chi connectivity index (χ3n) is 2.12. The van der Waals surface area contributed by atoms with Crippen LogP contribution in [0.1, 0.15) is 34.6 Å². The Bertz CT molecular complexity index is 441. The number of ketones is 1. The molecule has 0 heterocycles. The normalized spacial score (nSPS) is 12.0. The molecule has 92 valence electrons. The fourth-order valence-electron chi connectivity index (χ4n) is 1.35. The molecule has 0 amide bonds. The molecule has 1 atom stereocenters. The van der Waals surface area contributed by atoms with E-state index in [9.17, 15) is 9.59 Å². The highest BCUT2D eigenvalue weighted by atomic mass is 35.5. The number of Topliss-reactive ketones (excluding diaryl/α,β-unsaturated/α-hetero) is 1. The van der Waals surface area contributed by atoms with Crippen molar-refractivity contribution < 1.29 is 14.3 Å². The van der Waals surface area contributed by atoms with Crippen LogP contribution >= 0.6 is 23.2 Å². The van der Waals surface area contributed by atoms with Gasteiger partial charge in [0.15, 0.2) is 5.78 Å². The van der Waals surface area contributed by atoms with Gasteiger partial charge in [0, 0.05) is 5.56 Å². The van der Waals surface area contributed by atoms with Crippen molar-refractivity contribution in [1.29, 1.82) is 0 Å². The second-order valence-electron chi connectivity index (χ2n) is 3.36. The quantitative estimate of drug-likeness (QED) is 0.481. The van der Waals surface area contributed by atoms with E-state index in [1.54, 1.807) is 19.9 Å². The topological polar surface area (TPSA) is 43.4 Å². The molecule has 0 fully saturated rings. The molecule has 1 rings (SSSR count). The smallest absolute Gasteiger partial charge is 0.340 e. The summed E-state index contributed by atoms with van der Waals surface area (Å²) in [6.45, 7) is 3.44. The lowest BCUT2D eigenvalue weighted by Gasteiger charge is -2.10. The summed E-state index contributed by atoms with van der Waals surface area (Å²) in [5.74, 6) is -0.962. The second kappa shape index (κ2) is 6.03. The Morgan fingerprint density at radius 1 is 1.41 bits per heavy atom. The third kappa shape index (κ3) is 3.20. The Labute approximate surface area is 110 Å². The van der Waals surface area contributed by atoms with Gasteiger partial charge in [0.25, 0.3) is 0 Å². The minimum absolute atomic E-state index is 0.0773. The van der Waals surface area contributed by atoms with Crippen LogP contribution in [0.25, 0.3) is 0 Å². The van der Waals surface area contributed by atoms with Gasteiger partial charge >= 0.3 is 5.97 Å². The first-order chi connectivity index (χ1) is 7.99. The van der Waals surface area contributed by atoms with E-state index in [2.05, 4.69) is 0 Å². The molecule has 0 aliphatic carbocycles. The van der Waals surface area contributed by atoms with Crippen LogP contribution in [-0.4, -0.2) is 23.7 Å². The maximum absolute atomic E-state index is 11.8. The highest BCUT2D eigenvalue weighted by Gasteiger charge is 2.23. The van der Waals surface area contributed by atoms with E-state index < -0.39 is 11.3 Å². The van der Waals surface area contributed by atoms with Crippen molar-refractivity contribution in [2.24, 2.45) is 0 Å². The molecule has 0 aromatic heterocycles. The first kappa shape index (κ1) is 14.0. The number of hydrogen-bond donors (Lipinski definition) is 0. The standard InChI is InChI=1S/C12H12Cl2O3/c1-3-17-12(16)10-8(11(15)7(2)13)5-4-6-9(10)14/h4-7H,3H2,1-2H3. The molecule has 1 unspecified atom stereocenters. The summed E-state index contributed by atoms with van der Waals surface area (Å²) in [5.41, 5.74) is 0.270. The molecule has 1 aromatic rings. The van der Waals surface area contributed by atoms with Crippen LogP contribution in [0.15, 0.2) is 18.2 Å². The largest absolute Gasteiger partial charge is 0.462 e. The lowest BCUT2D eigenvalue weighted by molar-refractivity contribution is 0.0523. The van der Waals surface area contributed by atoms with Gasteiger partial charge in [-0.25, -0.2) is 4.79 Å². The number of rotatable bonds is 4. The summed E-state index contributed by atoms with van der Waals surface area (Å²) >= 11 is 11.6. The van der Waals surface area contributed by atoms with Crippen molar-refractivity contribution in [3.05, 3.63) is 34.3 Å². The molecule has 0 saturated carbocycles. The molecular weight excluding hydrogens is 263 g/mol. The first-order valence-corrected chi connectivity index (χ1v) is 5.94. The Kier molecular flexibility index (Phi) is 4.97. The van der Waals surface area contributed by atoms with Crippen molar-refractivity contribution in [3.8, 4) is 0 Å². The molecule has 0 bridgehead atoms. The van der Waals surface area contributed by atoms with Gasteiger partial charge in [-0.1, -0.05) is 23.7 Å². The van der Waals surface area contributed by atoms with Crippen LogP contribution in [0, 0.1) is 0 Å². The SMILES string of the molecule is CCOC(=O)c1c(Cl)cccc1C(=O)C(C)Cl. The van der Waals surface area contributed by atoms with Crippen LogP contribution in [-0.2, 0) is 4.74 Å². The van der Waals surface area contributed by atoms with E-state index in [0.717, 1.165) is 0 Å². The maximum atomic E-state index is 11.8. The van der Waals surface area contributed by atoms with Crippen LogP contribution in [0.4, 0.5) is 0 Å². The number of carbonyl (C=O) groups excluding carboxylic acids is 2. The Balaban J connectivity index is 3.26. The highest BCUT2D eigenvalue weighted by Crippen LogP contribution is 2.23. The Hall–Kier alpha value is -1.06. The minimum Gasteiger partial charge on any atom is -0.462 e. The number of alkyl halides is 1. The molecule has 0 saturated heterocycles. The van der Waals surface area contributed by atoms with E-state index in [4.69, 9.17) is 27.9 Å². The van der Waals surface area contributed by atoms with E-state index in [-0.39, 0.29) is 28.5 Å². The first-order valence-electron chi connectivity index (χ1n) is 5.13. The van der Waals surface area contributed by atoms with Crippen molar-refractivity contribution in [3.63, 3.8) is 0 Å². The van der Waals surface area contributed by atoms with E-state index in [1.807, 2.05) is 0 Å². The van der Waals surface area contributed by atoms with Gasteiger partial charge in [-0.05, 0) is 19.9 Å². The number of hydrogen-bond acceptors (Lipinski definition) is 3. The van der Waals surface area contributed by atoms with E-state index in [0.29, 0.717) is 0 Å². The lowest BCUT2D eigenvalue weighted by Crippen LogP contribution is -2.17. The predicted octanol–water partition coefficient (Wildman–Crippen LogP) is 3.33. The molecule has 0 aliphatic heterocycles. The molecular formula is C12H12Cl2O3. The van der Waals surface area contributed by atoms with Gasteiger partial charge in [-0.15, -0.1) is 11.6 Å². The summed E-state index contributed by atoms with van der Waals surface area (Å²) in [4.78, 5) is 23.5. The van der Waals surface area contributed by atoms with Gasteiger partial charge in [-0.3, -0.25) is 4.79 Å². The average molecular weight is 275 g/mol. The van der Waals surface area contributed by atoms with Crippen molar-refractivity contribution in [2.75, 3.05) is 6.61 Å². The van der Waals surface area contributed by atoms with E-state index >= 15 is 0 Å². The average Bonchev–Trinajstić information content (AvgIpc) is 2.27. The maximum Gasteiger partial charge on any atom is 0.340 e. The zero-order chi connectivity index (χ0) is 13.0. The van der Waals surface area contributed by atoms with Gasteiger partial charge in [0.1, 0.15) is 0 Å². The number of halogens is 2. The predicted molar refractivity (Wildman–Crippen MR) is 67.1 cm³/mol. The number of ether oxygens (including phenoxy) is 1. The van der Waals surface area contributed by atoms with E-state index in [1.165, 1.54) is 12.1 Å². The summed E-state index contributed by atoms with van der Waals surface area (Å²) in [7, 11) is 0. The molecule has 0 spiro atoms. The molecule has 0 N–H and O–H groups in total. The third-order valence-corrected chi connectivity index (χ3v) is 2.63.